The van der Waals surface area contributed by atoms with E-state index < -0.39 is 0 Å². The Labute approximate surface area is 111 Å². The van der Waals surface area contributed by atoms with E-state index >= 15 is 0 Å². The van der Waals surface area contributed by atoms with Crippen molar-refractivity contribution in [2.24, 2.45) is 0 Å². The largest absolute Gasteiger partial charge is 0.381 e. The van der Waals surface area contributed by atoms with E-state index in [1.807, 2.05) is 0 Å². The van der Waals surface area contributed by atoms with Gasteiger partial charge in [-0.3, -0.25) is 9.80 Å². The molecule has 3 fully saturated rings. The van der Waals surface area contributed by atoms with Crippen molar-refractivity contribution >= 4 is 0 Å². The number of ether oxygens (including phenoxy) is 1. The molecule has 4 nitrogen and oxygen atoms in total. The molecule has 1 unspecified atom stereocenters. The molecule has 0 bridgehead atoms. The number of hydrogen-bond acceptors (Lipinski definition) is 4. The predicted molar refractivity (Wildman–Crippen MR) is 72.9 cm³/mol. The van der Waals surface area contributed by atoms with E-state index in [-0.39, 0.29) is 0 Å². The summed E-state index contributed by atoms with van der Waals surface area (Å²) in [5, 5.41) is 3.69. The van der Waals surface area contributed by atoms with Crippen molar-refractivity contribution in [1.29, 1.82) is 0 Å². The maximum absolute atomic E-state index is 5.39. The highest BCUT2D eigenvalue weighted by molar-refractivity contribution is 4.87. The van der Waals surface area contributed by atoms with E-state index in [0.717, 1.165) is 25.8 Å². The van der Waals surface area contributed by atoms with Crippen molar-refractivity contribution in [2.45, 2.75) is 37.8 Å². The van der Waals surface area contributed by atoms with Crippen LogP contribution in [-0.4, -0.2) is 74.4 Å². The van der Waals surface area contributed by atoms with Crippen LogP contribution in [0.25, 0.3) is 0 Å². The van der Waals surface area contributed by atoms with Gasteiger partial charge in [-0.1, -0.05) is 0 Å². The lowest BCUT2D eigenvalue weighted by Crippen LogP contribution is -2.52. The van der Waals surface area contributed by atoms with Gasteiger partial charge in [-0.2, -0.15) is 0 Å². The van der Waals surface area contributed by atoms with Gasteiger partial charge in [0.15, 0.2) is 0 Å². The topological polar surface area (TPSA) is 27.7 Å². The van der Waals surface area contributed by atoms with Crippen LogP contribution in [0.4, 0.5) is 0 Å². The summed E-state index contributed by atoms with van der Waals surface area (Å²) in [6.07, 6.45) is 5.22. The second kappa shape index (κ2) is 6.33. The van der Waals surface area contributed by atoms with Crippen molar-refractivity contribution in [3.8, 4) is 0 Å². The lowest BCUT2D eigenvalue weighted by Gasteiger charge is -2.37. The zero-order chi connectivity index (χ0) is 12.2. The van der Waals surface area contributed by atoms with Crippen LogP contribution in [0.5, 0.6) is 0 Å². The molecule has 0 aromatic heterocycles. The molecule has 3 aliphatic heterocycles. The van der Waals surface area contributed by atoms with Gasteiger partial charge in [0.1, 0.15) is 0 Å². The van der Waals surface area contributed by atoms with E-state index in [9.17, 15) is 0 Å². The molecule has 0 saturated carbocycles. The Kier molecular flexibility index (Phi) is 4.52. The fourth-order valence-electron chi connectivity index (χ4n) is 3.59. The Bertz CT molecular complexity index is 255. The molecule has 0 radical (unpaired) electrons. The van der Waals surface area contributed by atoms with Crippen LogP contribution in [0, 0.1) is 0 Å². The summed E-state index contributed by atoms with van der Waals surface area (Å²) in [6.45, 7) is 9.47. The van der Waals surface area contributed by atoms with Crippen molar-refractivity contribution in [2.75, 3.05) is 52.5 Å². The Balaban J connectivity index is 1.33. The minimum absolute atomic E-state index is 0.700. The van der Waals surface area contributed by atoms with Gasteiger partial charge in [-0.15, -0.1) is 0 Å². The molecular weight excluding hydrogens is 226 g/mol. The molecule has 3 rings (SSSR count). The molecule has 0 aliphatic carbocycles. The standard InChI is InChI=1S/C14H27N3O/c1-2-14-12-16(8-9-17(14)6-1)7-5-15-13-3-10-18-11-4-13/h13-15H,1-12H2. The van der Waals surface area contributed by atoms with Crippen molar-refractivity contribution < 1.29 is 4.74 Å². The Morgan fingerprint density at radius 3 is 2.83 bits per heavy atom. The Hall–Kier alpha value is -0.160. The minimum Gasteiger partial charge on any atom is -0.381 e. The van der Waals surface area contributed by atoms with Crippen LogP contribution < -0.4 is 5.32 Å². The average Bonchev–Trinajstić information content (AvgIpc) is 2.87. The summed E-state index contributed by atoms with van der Waals surface area (Å²) in [5.74, 6) is 0. The lowest BCUT2D eigenvalue weighted by molar-refractivity contribution is 0.0741. The number of piperazine rings is 1. The van der Waals surface area contributed by atoms with Gasteiger partial charge in [-0.25, -0.2) is 0 Å². The summed E-state index contributed by atoms with van der Waals surface area (Å²) in [6, 6.07) is 1.56. The predicted octanol–water partition coefficient (Wildman–Crippen LogP) is 0.535. The second-order valence-corrected chi connectivity index (χ2v) is 5.97. The highest BCUT2D eigenvalue weighted by atomic mass is 16.5. The molecule has 3 saturated heterocycles. The summed E-state index contributed by atoms with van der Waals surface area (Å²) < 4.78 is 5.39. The number of nitrogens with zero attached hydrogens (tertiary/aromatic N) is 2. The first-order valence-electron chi connectivity index (χ1n) is 7.69. The Morgan fingerprint density at radius 1 is 1.06 bits per heavy atom. The van der Waals surface area contributed by atoms with Crippen LogP contribution in [0.3, 0.4) is 0 Å². The average molecular weight is 253 g/mol. The molecule has 1 atom stereocenters. The van der Waals surface area contributed by atoms with Crippen LogP contribution in [0.1, 0.15) is 25.7 Å². The maximum Gasteiger partial charge on any atom is 0.0480 e. The van der Waals surface area contributed by atoms with Crippen LogP contribution in [0.2, 0.25) is 0 Å². The molecule has 3 aliphatic rings. The zero-order valence-electron chi connectivity index (χ0n) is 11.4. The van der Waals surface area contributed by atoms with E-state index in [4.69, 9.17) is 4.74 Å². The molecule has 0 amide bonds. The fourth-order valence-corrected chi connectivity index (χ4v) is 3.59. The van der Waals surface area contributed by atoms with Crippen molar-refractivity contribution in [3.05, 3.63) is 0 Å². The smallest absolute Gasteiger partial charge is 0.0480 e. The monoisotopic (exact) mass is 253 g/mol. The van der Waals surface area contributed by atoms with Gasteiger partial charge in [0.25, 0.3) is 0 Å². The van der Waals surface area contributed by atoms with Crippen LogP contribution >= 0.6 is 0 Å². The number of nitrogens with one attached hydrogen (secondary N) is 1. The maximum atomic E-state index is 5.39. The Morgan fingerprint density at radius 2 is 1.94 bits per heavy atom. The molecule has 18 heavy (non-hydrogen) atoms. The minimum atomic E-state index is 0.700. The summed E-state index contributed by atoms with van der Waals surface area (Å²) in [4.78, 5) is 5.33. The third-order valence-corrected chi connectivity index (χ3v) is 4.75. The number of hydrogen-bond donors (Lipinski definition) is 1. The highest BCUT2D eigenvalue weighted by Gasteiger charge is 2.30. The second-order valence-electron chi connectivity index (χ2n) is 5.97. The van der Waals surface area contributed by atoms with E-state index in [2.05, 4.69) is 15.1 Å². The number of rotatable bonds is 4. The highest BCUT2D eigenvalue weighted by Crippen LogP contribution is 2.21. The SMILES string of the molecule is C1CC2CN(CCNC3CCOCC3)CCN2C1. The molecule has 4 heteroatoms. The van der Waals surface area contributed by atoms with E-state index in [0.29, 0.717) is 6.04 Å². The van der Waals surface area contributed by atoms with Crippen LogP contribution in [0.15, 0.2) is 0 Å². The number of fused-ring (bicyclic) bond motifs is 1. The molecule has 0 aromatic carbocycles. The molecule has 104 valence electrons. The molecule has 0 aromatic rings. The first-order chi connectivity index (χ1) is 8.92. The first-order valence-corrected chi connectivity index (χ1v) is 7.69. The summed E-state index contributed by atoms with van der Waals surface area (Å²) in [5.41, 5.74) is 0. The third kappa shape index (κ3) is 3.23. The molecule has 1 N–H and O–H groups in total. The third-order valence-electron chi connectivity index (χ3n) is 4.75. The lowest BCUT2D eigenvalue weighted by atomic mass is 10.1. The first kappa shape index (κ1) is 12.9. The van der Waals surface area contributed by atoms with Gasteiger partial charge in [-0.05, 0) is 32.2 Å². The van der Waals surface area contributed by atoms with Crippen molar-refractivity contribution in [1.82, 2.24) is 15.1 Å². The van der Waals surface area contributed by atoms with E-state index in [1.54, 1.807) is 0 Å². The van der Waals surface area contributed by atoms with Crippen molar-refractivity contribution in [3.63, 3.8) is 0 Å². The molecular formula is C14H27N3O. The fraction of sp³-hybridized carbons (Fsp3) is 1.00. The quantitative estimate of drug-likeness (QED) is 0.791. The zero-order valence-corrected chi connectivity index (χ0v) is 11.4. The van der Waals surface area contributed by atoms with E-state index in [1.165, 1.54) is 58.4 Å². The normalized spacial score (nSPS) is 31.7. The van der Waals surface area contributed by atoms with Crippen LogP contribution in [-0.2, 0) is 4.74 Å². The van der Waals surface area contributed by atoms with Gasteiger partial charge < -0.3 is 10.1 Å². The van der Waals surface area contributed by atoms with Gasteiger partial charge in [0.05, 0.1) is 0 Å². The summed E-state index contributed by atoms with van der Waals surface area (Å²) in [7, 11) is 0. The molecule has 3 heterocycles. The van der Waals surface area contributed by atoms with Gasteiger partial charge in [0, 0.05) is 58.0 Å². The molecule has 0 spiro atoms. The van der Waals surface area contributed by atoms with Gasteiger partial charge >= 0.3 is 0 Å². The van der Waals surface area contributed by atoms with Gasteiger partial charge in [0.2, 0.25) is 0 Å². The summed E-state index contributed by atoms with van der Waals surface area (Å²) >= 11 is 0.